The van der Waals surface area contributed by atoms with Gasteiger partial charge in [-0.05, 0) is 0 Å². The summed E-state index contributed by atoms with van der Waals surface area (Å²) in [5.74, 6) is 0.918. The van der Waals surface area contributed by atoms with Crippen LogP contribution in [0.2, 0.25) is 0 Å². The molecule has 1 aliphatic heterocycles. The Labute approximate surface area is 64.8 Å². The van der Waals surface area contributed by atoms with Gasteiger partial charge in [0.25, 0.3) is 0 Å². The van der Waals surface area contributed by atoms with Crippen molar-refractivity contribution in [1.82, 2.24) is 0 Å². The molecule has 1 heterocycles. The van der Waals surface area contributed by atoms with Crippen LogP contribution in [0.15, 0.2) is 0 Å². The van der Waals surface area contributed by atoms with Crippen LogP contribution in [0.3, 0.4) is 0 Å². The van der Waals surface area contributed by atoms with Crippen LogP contribution in [0.1, 0.15) is 20.8 Å². The summed E-state index contributed by atoms with van der Waals surface area (Å²) in [5, 5.41) is 0. The van der Waals surface area contributed by atoms with E-state index in [1.807, 2.05) is 0 Å². The molecular weight excluding hydrogens is 225 g/mol. The fourth-order valence-electron chi connectivity index (χ4n) is 1.03. The Morgan fingerprint density at radius 1 is 1.44 bits per heavy atom. The van der Waals surface area contributed by atoms with Gasteiger partial charge in [-0.25, -0.2) is 0 Å². The van der Waals surface area contributed by atoms with E-state index in [1.165, 1.54) is 4.43 Å². The van der Waals surface area contributed by atoms with Crippen molar-refractivity contribution in [2.75, 3.05) is 4.43 Å². The molecule has 1 fully saturated rings. The number of halogens is 1. The fourth-order valence-corrected chi connectivity index (χ4v) is 8.23. The summed E-state index contributed by atoms with van der Waals surface area (Å²) in [5.41, 5.74) is 5.80. The van der Waals surface area contributed by atoms with Gasteiger partial charge < -0.3 is 0 Å². The van der Waals surface area contributed by atoms with Gasteiger partial charge >= 0.3 is 64.6 Å². The van der Waals surface area contributed by atoms with E-state index in [4.69, 9.17) is 5.73 Å². The summed E-state index contributed by atoms with van der Waals surface area (Å²) in [4.78, 5) is 0. The molecule has 0 amide bonds. The topological polar surface area (TPSA) is 26.0 Å². The molecule has 0 bridgehead atoms. The van der Waals surface area contributed by atoms with Crippen molar-refractivity contribution < 1.29 is 0 Å². The first-order valence-corrected chi connectivity index (χ1v) is 7.53. The molecule has 1 rings (SSSR count). The molecule has 56 valence electrons. The predicted octanol–water partition coefficient (Wildman–Crippen LogP) is 1.84. The van der Waals surface area contributed by atoms with E-state index in [0.29, 0.717) is 4.05 Å². The summed E-state index contributed by atoms with van der Waals surface area (Å²) in [6.45, 7) is 6.84. The molecule has 0 spiro atoms. The zero-order valence-corrected chi connectivity index (χ0v) is 8.55. The molecule has 2 heteroatoms. The third-order valence-corrected chi connectivity index (χ3v) is 9.04. The number of hydrogen-bond acceptors (Lipinski definition) is 1. The fraction of sp³-hybridized carbons (Fsp3) is 1.00. The van der Waals surface area contributed by atoms with Crippen molar-refractivity contribution in [2.24, 2.45) is 11.7 Å². The summed E-state index contributed by atoms with van der Waals surface area (Å²) in [6.07, 6.45) is 0. The zero-order chi connectivity index (χ0) is 7.02. The van der Waals surface area contributed by atoms with Crippen molar-refractivity contribution >= 4 is 19.8 Å². The summed E-state index contributed by atoms with van der Waals surface area (Å²) >= 11 is -0.546. The number of nitrogens with two attached hydrogens (primary N) is 1. The summed E-state index contributed by atoms with van der Waals surface area (Å²) < 4.78 is 3.20. The molecule has 2 N–H and O–H groups in total. The van der Waals surface area contributed by atoms with E-state index in [-0.39, 0.29) is 0 Å². The minimum absolute atomic E-state index is 0.546. The van der Waals surface area contributed by atoms with Crippen LogP contribution in [0, 0.1) is 5.92 Å². The standard InChI is InChI=1S/C7H16IN/c1-5(2)7-4-8(7)6(3)9/h5-7H,4,9H2,1-3H3/t6-,7-/m1/s1. The second-order valence-electron chi connectivity index (χ2n) is 3.03. The van der Waals surface area contributed by atoms with E-state index >= 15 is 0 Å². The SMILES string of the molecule is CC(C)[C@H]1CI1[C@@H](C)N. The van der Waals surface area contributed by atoms with Gasteiger partial charge in [0, 0.05) is 0 Å². The Hall–Kier alpha value is 0.690. The second-order valence-corrected chi connectivity index (χ2v) is 9.95. The normalized spacial score (nSPS) is 33.0. The Kier molecular flexibility index (Phi) is 2.37. The molecule has 1 saturated heterocycles. The first kappa shape index (κ1) is 7.79. The maximum absolute atomic E-state index is 5.80. The van der Waals surface area contributed by atoms with Gasteiger partial charge in [0.05, 0.1) is 0 Å². The Bertz CT molecular complexity index is 89.1. The van der Waals surface area contributed by atoms with Crippen LogP contribution >= 0.6 is 19.8 Å². The van der Waals surface area contributed by atoms with Crippen LogP contribution in [-0.4, -0.2) is 12.4 Å². The molecule has 0 aliphatic carbocycles. The van der Waals surface area contributed by atoms with E-state index < -0.39 is 19.8 Å². The van der Waals surface area contributed by atoms with Crippen molar-refractivity contribution in [2.45, 2.75) is 28.7 Å². The first-order chi connectivity index (χ1) is 4.13. The predicted molar refractivity (Wildman–Crippen MR) is 51.2 cm³/mol. The molecule has 0 radical (unpaired) electrons. The van der Waals surface area contributed by atoms with Gasteiger partial charge in [0.2, 0.25) is 0 Å². The summed E-state index contributed by atoms with van der Waals surface area (Å²) in [7, 11) is 0. The van der Waals surface area contributed by atoms with Crippen molar-refractivity contribution in [3.8, 4) is 0 Å². The van der Waals surface area contributed by atoms with Crippen LogP contribution in [0.4, 0.5) is 0 Å². The van der Waals surface area contributed by atoms with Gasteiger partial charge in [0.1, 0.15) is 0 Å². The molecule has 1 nitrogen and oxygen atoms in total. The van der Waals surface area contributed by atoms with Crippen molar-refractivity contribution in [3.05, 3.63) is 0 Å². The Balaban J connectivity index is 2.24. The maximum atomic E-state index is 5.80. The average molecular weight is 241 g/mol. The van der Waals surface area contributed by atoms with E-state index in [0.717, 1.165) is 9.84 Å². The van der Waals surface area contributed by atoms with E-state index in [1.54, 1.807) is 0 Å². The molecule has 2 atom stereocenters. The molecule has 1 aliphatic rings. The Morgan fingerprint density at radius 2 is 2.00 bits per heavy atom. The van der Waals surface area contributed by atoms with Crippen LogP contribution in [0.5, 0.6) is 0 Å². The van der Waals surface area contributed by atoms with E-state index in [9.17, 15) is 0 Å². The Morgan fingerprint density at radius 3 is 2.11 bits per heavy atom. The van der Waals surface area contributed by atoms with Gasteiger partial charge in [-0.15, -0.1) is 0 Å². The van der Waals surface area contributed by atoms with Crippen molar-refractivity contribution in [1.29, 1.82) is 0 Å². The monoisotopic (exact) mass is 241 g/mol. The van der Waals surface area contributed by atoms with Gasteiger partial charge in [-0.1, -0.05) is 0 Å². The van der Waals surface area contributed by atoms with Crippen LogP contribution in [0.25, 0.3) is 0 Å². The molecule has 0 aromatic carbocycles. The first-order valence-electron chi connectivity index (χ1n) is 3.51. The van der Waals surface area contributed by atoms with Crippen molar-refractivity contribution in [3.63, 3.8) is 0 Å². The minimum atomic E-state index is -0.546. The quantitative estimate of drug-likeness (QED) is 0.445. The van der Waals surface area contributed by atoms with Gasteiger partial charge in [0.15, 0.2) is 0 Å². The molecule has 0 saturated carbocycles. The number of alkyl halides is 3. The zero-order valence-electron chi connectivity index (χ0n) is 6.39. The molecule has 0 unspecified atom stereocenters. The third-order valence-electron chi connectivity index (χ3n) is 1.75. The number of rotatable bonds is 2. The molecule has 9 heavy (non-hydrogen) atoms. The molecular formula is C7H16IN. The number of hydrogen-bond donors (Lipinski definition) is 1. The van der Waals surface area contributed by atoms with E-state index in [2.05, 4.69) is 20.8 Å². The van der Waals surface area contributed by atoms with Crippen LogP contribution in [-0.2, 0) is 0 Å². The molecule has 0 aromatic rings. The molecule has 0 aromatic heterocycles. The average Bonchev–Trinajstić information content (AvgIpc) is 2.39. The van der Waals surface area contributed by atoms with Gasteiger partial charge in [-0.3, -0.25) is 0 Å². The summed E-state index contributed by atoms with van der Waals surface area (Å²) in [6, 6.07) is 0. The van der Waals surface area contributed by atoms with Crippen LogP contribution < -0.4 is 5.73 Å². The third kappa shape index (κ3) is 1.80. The second kappa shape index (κ2) is 2.74. The van der Waals surface area contributed by atoms with Gasteiger partial charge in [-0.2, -0.15) is 0 Å².